The van der Waals surface area contributed by atoms with Crippen molar-refractivity contribution in [3.63, 3.8) is 0 Å². The van der Waals surface area contributed by atoms with Crippen molar-refractivity contribution in [3.05, 3.63) is 6.07 Å². The average Bonchev–Trinajstić information content (AvgIpc) is 2.36. The molecule has 1 aromatic rings. The first-order valence-corrected chi connectivity index (χ1v) is 7.55. The zero-order chi connectivity index (χ0) is 13.0. The number of hydrogen-bond donors (Lipinski definition) is 3. The van der Waals surface area contributed by atoms with Crippen LogP contribution in [0, 0.1) is 0 Å². The van der Waals surface area contributed by atoms with Crippen LogP contribution in [0.25, 0.3) is 0 Å². The lowest BCUT2D eigenvalue weighted by Gasteiger charge is -2.36. The van der Waals surface area contributed by atoms with Crippen molar-refractivity contribution in [2.45, 2.75) is 36.9 Å². The molecule has 0 bridgehead atoms. The molecule has 0 aromatic carbocycles. The Bertz CT molecular complexity index is 383. The number of thioether (sulfide) groups is 1. The fraction of sp³-hybridized carbons (Fsp3) is 0.667. The smallest absolute Gasteiger partial charge is 0.223 e. The summed E-state index contributed by atoms with van der Waals surface area (Å²) >= 11 is 1.95. The molecule has 0 spiro atoms. The molecule has 1 saturated carbocycles. The highest BCUT2D eigenvalue weighted by atomic mass is 32.2. The lowest BCUT2D eigenvalue weighted by Crippen LogP contribution is -2.35. The van der Waals surface area contributed by atoms with Gasteiger partial charge in [-0.05, 0) is 19.1 Å². The Kier molecular flexibility index (Phi) is 4.16. The molecule has 0 radical (unpaired) electrons. The van der Waals surface area contributed by atoms with E-state index in [1.165, 1.54) is 32.1 Å². The van der Waals surface area contributed by atoms with Gasteiger partial charge in [0, 0.05) is 17.4 Å². The lowest BCUT2D eigenvalue weighted by atomic mass is 9.88. The molecule has 18 heavy (non-hydrogen) atoms. The highest BCUT2D eigenvalue weighted by molar-refractivity contribution is 8.00. The maximum atomic E-state index is 5.66. The fourth-order valence-electron chi connectivity index (χ4n) is 2.48. The van der Waals surface area contributed by atoms with E-state index >= 15 is 0 Å². The second-order valence-electron chi connectivity index (χ2n) is 4.84. The van der Waals surface area contributed by atoms with Crippen LogP contribution in [0.15, 0.2) is 6.07 Å². The van der Waals surface area contributed by atoms with Crippen molar-refractivity contribution in [2.24, 2.45) is 0 Å². The van der Waals surface area contributed by atoms with E-state index < -0.39 is 0 Å². The summed E-state index contributed by atoms with van der Waals surface area (Å²) in [5.74, 6) is 1.35. The average molecular weight is 267 g/mol. The summed E-state index contributed by atoms with van der Waals surface area (Å²) in [6.45, 7) is 0.907. The number of nitrogens with one attached hydrogen (secondary N) is 1. The van der Waals surface area contributed by atoms with Crippen LogP contribution < -0.4 is 16.8 Å². The molecule has 1 aromatic heterocycles. The molecular weight excluding hydrogens is 246 g/mol. The van der Waals surface area contributed by atoms with Crippen LogP contribution in [0.3, 0.4) is 0 Å². The maximum Gasteiger partial charge on any atom is 0.223 e. The normalized spacial score (nSPS) is 18.5. The number of anilines is 3. The minimum Gasteiger partial charge on any atom is -0.383 e. The van der Waals surface area contributed by atoms with Crippen molar-refractivity contribution < 1.29 is 0 Å². The van der Waals surface area contributed by atoms with E-state index in [-0.39, 0.29) is 5.95 Å². The molecule has 0 aliphatic heterocycles. The van der Waals surface area contributed by atoms with Gasteiger partial charge in [0.15, 0.2) is 0 Å². The Morgan fingerprint density at radius 2 is 2.00 bits per heavy atom. The molecule has 0 amide bonds. The first kappa shape index (κ1) is 13.3. The summed E-state index contributed by atoms with van der Waals surface area (Å²) in [6.07, 6.45) is 8.70. The SMILES string of the molecule is CSC1(CNc2cc(N)nc(N)n2)CCCCC1. The standard InChI is InChI=1S/C12H21N5S/c1-18-12(5-3-2-4-6-12)8-15-10-7-9(13)16-11(14)17-10/h7H,2-6,8H2,1H3,(H5,13,14,15,16,17). The van der Waals surface area contributed by atoms with Crippen LogP contribution in [-0.4, -0.2) is 27.5 Å². The van der Waals surface area contributed by atoms with Gasteiger partial charge in [-0.2, -0.15) is 21.7 Å². The topological polar surface area (TPSA) is 89.8 Å². The summed E-state index contributed by atoms with van der Waals surface area (Å²) in [5, 5.41) is 3.36. The third kappa shape index (κ3) is 3.19. The quantitative estimate of drug-likeness (QED) is 0.774. The molecule has 0 saturated heterocycles. The number of nitrogens with two attached hydrogens (primary N) is 2. The Hall–Kier alpha value is -1.17. The minimum atomic E-state index is 0.222. The minimum absolute atomic E-state index is 0.222. The molecule has 1 aliphatic rings. The number of aromatic nitrogens is 2. The molecule has 1 aliphatic carbocycles. The molecule has 0 unspecified atom stereocenters. The molecule has 2 rings (SSSR count). The van der Waals surface area contributed by atoms with E-state index in [2.05, 4.69) is 21.5 Å². The lowest BCUT2D eigenvalue weighted by molar-refractivity contribution is 0.411. The zero-order valence-electron chi connectivity index (χ0n) is 10.8. The van der Waals surface area contributed by atoms with Gasteiger partial charge in [0.2, 0.25) is 5.95 Å². The number of nitrogens with zero attached hydrogens (tertiary/aromatic N) is 2. The van der Waals surface area contributed by atoms with Crippen LogP contribution in [0.2, 0.25) is 0 Å². The van der Waals surface area contributed by atoms with Crippen LogP contribution >= 0.6 is 11.8 Å². The Morgan fingerprint density at radius 1 is 1.28 bits per heavy atom. The summed E-state index contributed by atoms with van der Waals surface area (Å²) in [7, 11) is 0. The largest absolute Gasteiger partial charge is 0.383 e. The predicted octanol–water partition coefficient (Wildman–Crippen LogP) is 2.12. The molecule has 0 atom stereocenters. The van der Waals surface area contributed by atoms with Gasteiger partial charge < -0.3 is 16.8 Å². The van der Waals surface area contributed by atoms with E-state index in [0.717, 1.165) is 12.4 Å². The van der Waals surface area contributed by atoms with E-state index in [4.69, 9.17) is 11.5 Å². The highest BCUT2D eigenvalue weighted by Crippen LogP contribution is 2.38. The van der Waals surface area contributed by atoms with Gasteiger partial charge in [0.25, 0.3) is 0 Å². The van der Waals surface area contributed by atoms with E-state index in [1.54, 1.807) is 6.07 Å². The van der Waals surface area contributed by atoms with Crippen LogP contribution in [0.1, 0.15) is 32.1 Å². The molecular formula is C12H21N5S. The van der Waals surface area contributed by atoms with Gasteiger partial charge in [-0.3, -0.25) is 0 Å². The molecule has 100 valence electrons. The second-order valence-corrected chi connectivity index (χ2v) is 6.11. The third-order valence-electron chi connectivity index (χ3n) is 3.55. The van der Waals surface area contributed by atoms with Crippen molar-refractivity contribution in [2.75, 3.05) is 29.6 Å². The van der Waals surface area contributed by atoms with Gasteiger partial charge in [0.05, 0.1) is 0 Å². The number of hydrogen-bond acceptors (Lipinski definition) is 6. The van der Waals surface area contributed by atoms with Crippen molar-refractivity contribution in [3.8, 4) is 0 Å². The Morgan fingerprint density at radius 3 is 2.61 bits per heavy atom. The Balaban J connectivity index is 2.00. The predicted molar refractivity (Wildman–Crippen MR) is 78.7 cm³/mol. The first-order chi connectivity index (χ1) is 8.63. The first-order valence-electron chi connectivity index (χ1n) is 6.33. The second kappa shape index (κ2) is 5.65. The third-order valence-corrected chi connectivity index (χ3v) is 4.97. The monoisotopic (exact) mass is 267 g/mol. The van der Waals surface area contributed by atoms with Gasteiger partial charge >= 0.3 is 0 Å². The summed E-state index contributed by atoms with van der Waals surface area (Å²) in [5.41, 5.74) is 11.2. The fourth-order valence-corrected chi connectivity index (χ4v) is 3.39. The molecule has 5 nitrogen and oxygen atoms in total. The van der Waals surface area contributed by atoms with Crippen LogP contribution in [0.4, 0.5) is 17.6 Å². The van der Waals surface area contributed by atoms with Crippen LogP contribution in [0.5, 0.6) is 0 Å². The van der Waals surface area contributed by atoms with Gasteiger partial charge in [-0.15, -0.1) is 0 Å². The van der Waals surface area contributed by atoms with Gasteiger partial charge in [-0.1, -0.05) is 19.3 Å². The van der Waals surface area contributed by atoms with Crippen molar-refractivity contribution in [1.29, 1.82) is 0 Å². The maximum absolute atomic E-state index is 5.66. The van der Waals surface area contributed by atoms with Crippen molar-refractivity contribution >= 4 is 29.3 Å². The van der Waals surface area contributed by atoms with Crippen molar-refractivity contribution in [1.82, 2.24) is 9.97 Å². The molecule has 1 heterocycles. The van der Waals surface area contributed by atoms with Gasteiger partial charge in [-0.25, -0.2) is 0 Å². The molecule has 1 fully saturated rings. The summed E-state index contributed by atoms with van der Waals surface area (Å²) < 4.78 is 0.326. The summed E-state index contributed by atoms with van der Waals surface area (Å²) in [4.78, 5) is 8.02. The summed E-state index contributed by atoms with van der Waals surface area (Å²) in [6, 6.07) is 1.73. The Labute approximate surface area is 112 Å². The van der Waals surface area contributed by atoms with E-state index in [0.29, 0.717) is 10.6 Å². The van der Waals surface area contributed by atoms with E-state index in [9.17, 15) is 0 Å². The zero-order valence-corrected chi connectivity index (χ0v) is 11.6. The van der Waals surface area contributed by atoms with Gasteiger partial charge in [0.1, 0.15) is 11.6 Å². The molecule has 6 heteroatoms. The number of rotatable bonds is 4. The van der Waals surface area contributed by atoms with Crippen LogP contribution in [-0.2, 0) is 0 Å². The molecule has 5 N–H and O–H groups in total. The number of nitrogen functional groups attached to an aromatic ring is 2. The van der Waals surface area contributed by atoms with E-state index in [1.807, 2.05) is 11.8 Å². The highest BCUT2D eigenvalue weighted by Gasteiger charge is 2.30.